The zero-order valence-electron chi connectivity index (χ0n) is 17.5. The number of carbonyl (C=O) groups is 2. The fourth-order valence-electron chi connectivity index (χ4n) is 2.90. The number of carbonyl (C=O) groups excluding carboxylic acids is 2. The maximum atomic E-state index is 12.5. The second-order valence-corrected chi connectivity index (χ2v) is 7.34. The van der Waals surface area contributed by atoms with E-state index in [0.29, 0.717) is 0 Å². The van der Waals surface area contributed by atoms with Crippen LogP contribution in [0.15, 0.2) is 18.2 Å². The molecule has 0 fully saturated rings. The first-order valence-electron chi connectivity index (χ1n) is 10.3. The molecule has 1 aromatic rings. The Kier molecular flexibility index (Phi) is 10.7. The van der Waals surface area contributed by atoms with Gasteiger partial charge in [0.1, 0.15) is 23.6 Å². The maximum Gasteiger partial charge on any atom is 0.357 e. The van der Waals surface area contributed by atoms with Gasteiger partial charge in [-0.15, -0.1) is 0 Å². The lowest BCUT2D eigenvalue weighted by atomic mass is 10.0. The summed E-state index contributed by atoms with van der Waals surface area (Å²) in [5, 5.41) is 0. The molecule has 5 heteroatoms. The predicted octanol–water partition coefficient (Wildman–Crippen LogP) is 5.58. The Morgan fingerprint density at radius 1 is 0.889 bits per heavy atom. The van der Waals surface area contributed by atoms with Crippen molar-refractivity contribution in [3.63, 3.8) is 0 Å². The number of esters is 2. The van der Waals surface area contributed by atoms with E-state index in [9.17, 15) is 9.59 Å². The summed E-state index contributed by atoms with van der Waals surface area (Å²) in [5.41, 5.74) is 0.297. The molecule has 0 saturated carbocycles. The third kappa shape index (κ3) is 8.10. The number of hydrogen-bond acceptors (Lipinski definition) is 5. The molecule has 5 nitrogen and oxygen atoms in total. The lowest BCUT2D eigenvalue weighted by Crippen LogP contribution is -2.25. The van der Waals surface area contributed by atoms with E-state index in [1.165, 1.54) is 0 Å². The van der Waals surface area contributed by atoms with E-state index in [4.69, 9.17) is 9.47 Å². The summed E-state index contributed by atoms with van der Waals surface area (Å²) in [4.78, 5) is 29.1. The lowest BCUT2D eigenvalue weighted by molar-refractivity contribution is 0.0149. The number of pyridine rings is 1. The van der Waals surface area contributed by atoms with Gasteiger partial charge in [0.25, 0.3) is 0 Å². The number of unbranched alkanes of at least 4 members (excludes halogenated alkanes) is 1. The Morgan fingerprint density at radius 3 is 2.00 bits per heavy atom. The van der Waals surface area contributed by atoms with Crippen LogP contribution < -0.4 is 0 Å². The van der Waals surface area contributed by atoms with Crippen molar-refractivity contribution in [1.82, 2.24) is 4.98 Å². The van der Waals surface area contributed by atoms with Crippen LogP contribution in [-0.4, -0.2) is 29.1 Å². The minimum Gasteiger partial charge on any atom is -0.458 e. The Balaban J connectivity index is 2.81. The largest absolute Gasteiger partial charge is 0.458 e. The minimum atomic E-state index is -0.493. The fraction of sp³-hybridized carbons (Fsp3) is 0.682. The summed E-state index contributed by atoms with van der Waals surface area (Å²) in [6.07, 6.45) is 6.21. The van der Waals surface area contributed by atoms with Crippen molar-refractivity contribution in [3.05, 3.63) is 29.6 Å². The number of hydrogen-bond donors (Lipinski definition) is 0. The molecule has 0 aliphatic heterocycles. The molecule has 2 atom stereocenters. The van der Waals surface area contributed by atoms with Gasteiger partial charge in [-0.2, -0.15) is 0 Å². The van der Waals surface area contributed by atoms with Gasteiger partial charge < -0.3 is 9.47 Å². The van der Waals surface area contributed by atoms with Crippen molar-refractivity contribution in [2.75, 3.05) is 0 Å². The first-order chi connectivity index (χ1) is 12.9. The minimum absolute atomic E-state index is 0.102. The molecule has 1 rings (SSSR count). The van der Waals surface area contributed by atoms with E-state index in [2.05, 4.69) is 25.8 Å². The molecule has 0 aliphatic rings. The normalized spacial score (nSPS) is 13.3. The summed E-state index contributed by atoms with van der Waals surface area (Å²) in [6, 6.07) is 4.79. The van der Waals surface area contributed by atoms with E-state index in [1.807, 2.05) is 13.8 Å². The second-order valence-electron chi connectivity index (χ2n) is 7.34. The number of rotatable bonds is 12. The van der Waals surface area contributed by atoms with Gasteiger partial charge in [0, 0.05) is 0 Å². The SMILES string of the molecule is CCCCC(CCC)OC(=O)c1cccc(C(=O)OC(CCC)C(C)C)n1. The first kappa shape index (κ1) is 23.1. The Bertz CT molecular complexity index is 585. The smallest absolute Gasteiger partial charge is 0.357 e. The summed E-state index contributed by atoms with van der Waals surface area (Å²) in [5.74, 6) is -0.739. The van der Waals surface area contributed by atoms with Crippen LogP contribution in [0.1, 0.15) is 101 Å². The summed E-state index contributed by atoms with van der Waals surface area (Å²) >= 11 is 0. The Labute approximate surface area is 163 Å². The van der Waals surface area contributed by atoms with Crippen molar-refractivity contribution in [2.45, 2.75) is 91.8 Å². The van der Waals surface area contributed by atoms with Crippen molar-refractivity contribution in [3.8, 4) is 0 Å². The van der Waals surface area contributed by atoms with Crippen LogP contribution in [0.5, 0.6) is 0 Å². The molecular weight excluding hydrogens is 342 g/mol. The van der Waals surface area contributed by atoms with Crippen LogP contribution in [0.4, 0.5) is 0 Å². The van der Waals surface area contributed by atoms with Crippen LogP contribution in [0, 0.1) is 5.92 Å². The first-order valence-corrected chi connectivity index (χ1v) is 10.3. The van der Waals surface area contributed by atoms with E-state index in [0.717, 1.165) is 44.9 Å². The van der Waals surface area contributed by atoms with Gasteiger partial charge in [-0.3, -0.25) is 0 Å². The van der Waals surface area contributed by atoms with Crippen molar-refractivity contribution >= 4 is 11.9 Å². The standard InChI is InChI=1S/C22H35NO4/c1-6-9-13-17(11-7-2)26-21(24)18-14-10-15-19(23-18)22(25)27-20(12-8-3)16(4)5/h10,14-17,20H,6-9,11-13H2,1-5H3. The van der Waals surface area contributed by atoms with Gasteiger partial charge >= 0.3 is 11.9 Å². The van der Waals surface area contributed by atoms with Crippen LogP contribution >= 0.6 is 0 Å². The highest BCUT2D eigenvalue weighted by molar-refractivity contribution is 5.91. The third-order valence-electron chi connectivity index (χ3n) is 4.51. The second kappa shape index (κ2) is 12.5. The van der Waals surface area contributed by atoms with Gasteiger partial charge in [-0.05, 0) is 37.3 Å². The average molecular weight is 378 g/mol. The average Bonchev–Trinajstić information content (AvgIpc) is 2.65. The molecule has 0 amide bonds. The zero-order chi connectivity index (χ0) is 20.2. The molecule has 0 aromatic carbocycles. The van der Waals surface area contributed by atoms with Gasteiger partial charge in [0.05, 0.1) is 0 Å². The molecule has 1 heterocycles. The molecule has 0 spiro atoms. The Morgan fingerprint density at radius 2 is 1.48 bits per heavy atom. The molecule has 0 saturated heterocycles. The lowest BCUT2D eigenvalue weighted by Gasteiger charge is -2.20. The molecule has 2 unspecified atom stereocenters. The number of ether oxygens (including phenoxy) is 2. The molecule has 152 valence electrons. The molecule has 0 bridgehead atoms. The number of nitrogens with zero attached hydrogens (tertiary/aromatic N) is 1. The molecule has 0 radical (unpaired) electrons. The van der Waals surface area contributed by atoms with Crippen LogP contribution in [0.25, 0.3) is 0 Å². The molecule has 27 heavy (non-hydrogen) atoms. The number of aromatic nitrogens is 1. The highest BCUT2D eigenvalue weighted by Crippen LogP contribution is 2.16. The highest BCUT2D eigenvalue weighted by Gasteiger charge is 2.22. The fourth-order valence-corrected chi connectivity index (χ4v) is 2.90. The summed E-state index contributed by atoms with van der Waals surface area (Å²) in [7, 11) is 0. The topological polar surface area (TPSA) is 65.5 Å². The van der Waals surface area contributed by atoms with E-state index < -0.39 is 11.9 Å². The zero-order valence-corrected chi connectivity index (χ0v) is 17.5. The highest BCUT2D eigenvalue weighted by atomic mass is 16.5. The summed E-state index contributed by atoms with van der Waals surface area (Å²) < 4.78 is 11.2. The molecular formula is C22H35NO4. The van der Waals surface area contributed by atoms with Gasteiger partial charge in [-0.1, -0.05) is 66.4 Å². The van der Waals surface area contributed by atoms with Crippen LogP contribution in [-0.2, 0) is 9.47 Å². The summed E-state index contributed by atoms with van der Waals surface area (Å²) in [6.45, 7) is 10.3. The van der Waals surface area contributed by atoms with Gasteiger partial charge in [-0.25, -0.2) is 14.6 Å². The van der Waals surface area contributed by atoms with Crippen molar-refractivity contribution in [2.24, 2.45) is 5.92 Å². The van der Waals surface area contributed by atoms with Gasteiger partial charge in [0.2, 0.25) is 0 Å². The van der Waals surface area contributed by atoms with E-state index >= 15 is 0 Å². The van der Waals surface area contributed by atoms with Crippen molar-refractivity contribution < 1.29 is 19.1 Å². The maximum absolute atomic E-state index is 12.5. The monoisotopic (exact) mass is 377 g/mol. The molecule has 0 aliphatic carbocycles. The third-order valence-corrected chi connectivity index (χ3v) is 4.51. The van der Waals surface area contributed by atoms with Crippen LogP contribution in [0.3, 0.4) is 0 Å². The quantitative estimate of drug-likeness (QED) is 0.445. The molecule has 0 N–H and O–H groups in total. The van der Waals surface area contributed by atoms with Gasteiger partial charge in [0.15, 0.2) is 0 Å². The van der Waals surface area contributed by atoms with E-state index in [1.54, 1.807) is 18.2 Å². The van der Waals surface area contributed by atoms with Crippen LogP contribution in [0.2, 0.25) is 0 Å². The molecule has 1 aromatic heterocycles. The van der Waals surface area contributed by atoms with E-state index in [-0.39, 0.29) is 29.5 Å². The van der Waals surface area contributed by atoms with Crippen molar-refractivity contribution in [1.29, 1.82) is 0 Å². The Hall–Kier alpha value is -1.91. The predicted molar refractivity (Wildman–Crippen MR) is 107 cm³/mol.